The van der Waals surface area contributed by atoms with Gasteiger partial charge in [-0.25, -0.2) is 8.42 Å². The second kappa shape index (κ2) is 9.54. The second-order valence-electron chi connectivity index (χ2n) is 5.55. The van der Waals surface area contributed by atoms with Crippen LogP contribution in [0.4, 0.5) is 0 Å². The van der Waals surface area contributed by atoms with E-state index in [0.717, 1.165) is 5.56 Å². The van der Waals surface area contributed by atoms with Crippen LogP contribution in [-0.2, 0) is 16.6 Å². The number of nitrogens with zero attached hydrogens (tertiary/aromatic N) is 2. The highest BCUT2D eigenvalue weighted by atomic mass is 35.5. The van der Waals surface area contributed by atoms with E-state index in [1.807, 2.05) is 30.3 Å². The van der Waals surface area contributed by atoms with Gasteiger partial charge >= 0.3 is 0 Å². The summed E-state index contributed by atoms with van der Waals surface area (Å²) in [6.07, 6.45) is 0.585. The highest BCUT2D eigenvalue weighted by Crippen LogP contribution is 2.21. The van der Waals surface area contributed by atoms with E-state index in [0.29, 0.717) is 37.2 Å². The summed E-state index contributed by atoms with van der Waals surface area (Å²) in [5.74, 6) is 0. The molecule has 0 saturated heterocycles. The fraction of sp³-hybridized carbons (Fsp3) is 0.278. The molecule has 0 bridgehead atoms. The molecule has 0 atom stereocenters. The van der Waals surface area contributed by atoms with Crippen molar-refractivity contribution in [2.75, 3.05) is 13.1 Å². The van der Waals surface area contributed by atoms with Gasteiger partial charge in [0.25, 0.3) is 0 Å². The van der Waals surface area contributed by atoms with Crippen LogP contribution in [0, 0.1) is 18.3 Å². The van der Waals surface area contributed by atoms with Crippen LogP contribution in [-0.4, -0.2) is 25.8 Å². The SMILES string of the molecule is Cc1cc(S(=O)(=O)N(CCCN)Cc2ccccc2)ccc1C#N.Cl. The number of nitriles is 1. The number of aryl methyl sites for hydroxylation is 1. The van der Waals surface area contributed by atoms with E-state index >= 15 is 0 Å². The van der Waals surface area contributed by atoms with Gasteiger partial charge < -0.3 is 5.73 Å². The molecule has 2 aromatic rings. The molecule has 134 valence electrons. The lowest BCUT2D eigenvalue weighted by Crippen LogP contribution is -2.32. The van der Waals surface area contributed by atoms with Gasteiger partial charge in [-0.2, -0.15) is 9.57 Å². The van der Waals surface area contributed by atoms with Gasteiger partial charge in [0.05, 0.1) is 16.5 Å². The molecule has 0 saturated carbocycles. The summed E-state index contributed by atoms with van der Waals surface area (Å²) < 4.78 is 27.4. The summed E-state index contributed by atoms with van der Waals surface area (Å²) in [6.45, 7) is 2.81. The standard InChI is InChI=1S/C18H21N3O2S.ClH/c1-15-12-18(9-8-17(15)13-20)24(22,23)21(11-5-10-19)14-16-6-3-2-4-7-16;/h2-4,6-9,12H,5,10-11,14,19H2,1H3;1H. The minimum Gasteiger partial charge on any atom is -0.330 e. The van der Waals surface area contributed by atoms with Crippen LogP contribution in [0.5, 0.6) is 0 Å². The average Bonchev–Trinajstić information content (AvgIpc) is 2.59. The third kappa shape index (κ3) is 5.28. The number of nitrogens with two attached hydrogens (primary N) is 1. The first-order valence-electron chi connectivity index (χ1n) is 7.74. The van der Waals surface area contributed by atoms with Crippen LogP contribution < -0.4 is 5.73 Å². The summed E-state index contributed by atoms with van der Waals surface area (Å²) in [6, 6.07) is 16.1. The number of halogens is 1. The molecule has 0 unspecified atom stereocenters. The Labute approximate surface area is 155 Å². The number of hydrogen-bond acceptors (Lipinski definition) is 4. The van der Waals surface area contributed by atoms with Crippen molar-refractivity contribution < 1.29 is 8.42 Å². The number of rotatable bonds is 7. The van der Waals surface area contributed by atoms with Crippen LogP contribution in [0.25, 0.3) is 0 Å². The molecule has 7 heteroatoms. The molecule has 0 aliphatic rings. The Balaban J connectivity index is 0.00000312. The molecule has 0 radical (unpaired) electrons. The summed E-state index contributed by atoms with van der Waals surface area (Å²) >= 11 is 0. The highest BCUT2D eigenvalue weighted by Gasteiger charge is 2.24. The van der Waals surface area contributed by atoms with Crippen LogP contribution in [0.2, 0.25) is 0 Å². The summed E-state index contributed by atoms with van der Waals surface area (Å²) in [4.78, 5) is 0.201. The Hall–Kier alpha value is -1.91. The summed E-state index contributed by atoms with van der Waals surface area (Å²) in [5.41, 5.74) is 7.60. The number of sulfonamides is 1. The van der Waals surface area contributed by atoms with E-state index in [2.05, 4.69) is 6.07 Å². The van der Waals surface area contributed by atoms with Crippen LogP contribution in [0.1, 0.15) is 23.1 Å². The predicted octanol–water partition coefficient (Wildman–Crippen LogP) is 2.83. The van der Waals surface area contributed by atoms with Crippen LogP contribution >= 0.6 is 12.4 Å². The van der Waals surface area contributed by atoms with E-state index in [-0.39, 0.29) is 17.3 Å². The molecule has 2 aromatic carbocycles. The molecular weight excluding hydrogens is 358 g/mol. The lowest BCUT2D eigenvalue weighted by atomic mass is 10.1. The first-order valence-corrected chi connectivity index (χ1v) is 9.18. The predicted molar refractivity (Wildman–Crippen MR) is 101 cm³/mol. The van der Waals surface area contributed by atoms with Gasteiger partial charge in [0, 0.05) is 13.1 Å². The van der Waals surface area contributed by atoms with Gasteiger partial charge in [-0.1, -0.05) is 30.3 Å². The normalized spacial score (nSPS) is 11.0. The van der Waals surface area contributed by atoms with Crippen molar-refractivity contribution in [1.82, 2.24) is 4.31 Å². The third-order valence-electron chi connectivity index (χ3n) is 3.77. The van der Waals surface area contributed by atoms with Crippen molar-refractivity contribution >= 4 is 22.4 Å². The van der Waals surface area contributed by atoms with Crippen molar-refractivity contribution in [3.63, 3.8) is 0 Å². The highest BCUT2D eigenvalue weighted by molar-refractivity contribution is 7.89. The molecule has 0 fully saturated rings. The van der Waals surface area contributed by atoms with E-state index in [1.165, 1.54) is 10.4 Å². The largest absolute Gasteiger partial charge is 0.330 e. The van der Waals surface area contributed by atoms with Crippen LogP contribution in [0.3, 0.4) is 0 Å². The third-order valence-corrected chi connectivity index (χ3v) is 5.61. The average molecular weight is 380 g/mol. The molecule has 2 N–H and O–H groups in total. The molecular formula is C18H22ClN3O2S. The van der Waals surface area contributed by atoms with E-state index in [4.69, 9.17) is 11.0 Å². The Morgan fingerprint density at radius 3 is 2.40 bits per heavy atom. The monoisotopic (exact) mass is 379 g/mol. The molecule has 25 heavy (non-hydrogen) atoms. The second-order valence-corrected chi connectivity index (χ2v) is 7.49. The quantitative estimate of drug-likeness (QED) is 0.801. The smallest absolute Gasteiger partial charge is 0.243 e. The maximum Gasteiger partial charge on any atom is 0.243 e. The Kier molecular flexibility index (Phi) is 8.07. The van der Waals surface area contributed by atoms with Gasteiger partial charge in [0.1, 0.15) is 0 Å². The van der Waals surface area contributed by atoms with Gasteiger partial charge in [-0.05, 0) is 49.2 Å². The first-order chi connectivity index (χ1) is 11.5. The fourth-order valence-corrected chi connectivity index (χ4v) is 3.96. The summed E-state index contributed by atoms with van der Waals surface area (Å²) in [7, 11) is -3.65. The maximum atomic E-state index is 13.0. The van der Waals surface area contributed by atoms with Gasteiger partial charge in [0.2, 0.25) is 10.0 Å². The molecule has 0 aromatic heterocycles. The van der Waals surface area contributed by atoms with Crippen molar-refractivity contribution in [3.05, 3.63) is 65.2 Å². The zero-order valence-corrected chi connectivity index (χ0v) is 15.7. The Morgan fingerprint density at radius 2 is 1.84 bits per heavy atom. The Bertz CT molecular complexity index is 833. The molecule has 0 aliphatic carbocycles. The molecule has 5 nitrogen and oxygen atoms in total. The van der Waals surface area contributed by atoms with Crippen molar-refractivity contribution in [3.8, 4) is 6.07 Å². The lowest BCUT2D eigenvalue weighted by Gasteiger charge is -2.22. The van der Waals surface area contributed by atoms with Crippen molar-refractivity contribution in [2.24, 2.45) is 5.73 Å². The van der Waals surface area contributed by atoms with Gasteiger partial charge in [-0.15, -0.1) is 12.4 Å². The van der Waals surface area contributed by atoms with Crippen LogP contribution in [0.15, 0.2) is 53.4 Å². The van der Waals surface area contributed by atoms with Crippen molar-refractivity contribution in [2.45, 2.75) is 24.8 Å². The molecule has 0 amide bonds. The van der Waals surface area contributed by atoms with Gasteiger partial charge in [-0.3, -0.25) is 0 Å². The minimum atomic E-state index is -3.65. The number of benzene rings is 2. The molecule has 0 heterocycles. The zero-order valence-electron chi connectivity index (χ0n) is 14.1. The molecule has 0 aliphatic heterocycles. The Morgan fingerprint density at radius 1 is 1.16 bits per heavy atom. The van der Waals surface area contributed by atoms with E-state index < -0.39 is 10.0 Å². The topological polar surface area (TPSA) is 87.2 Å². The fourth-order valence-electron chi connectivity index (χ4n) is 2.41. The lowest BCUT2D eigenvalue weighted by molar-refractivity contribution is 0.401. The summed E-state index contributed by atoms with van der Waals surface area (Å²) in [5, 5.41) is 9.01. The number of hydrogen-bond donors (Lipinski definition) is 1. The maximum absolute atomic E-state index is 13.0. The van der Waals surface area contributed by atoms with Gasteiger partial charge in [0.15, 0.2) is 0 Å². The van der Waals surface area contributed by atoms with E-state index in [1.54, 1.807) is 19.1 Å². The minimum absolute atomic E-state index is 0. The molecule has 2 rings (SSSR count). The first kappa shape index (κ1) is 21.1. The van der Waals surface area contributed by atoms with E-state index in [9.17, 15) is 8.42 Å². The molecule has 0 spiro atoms. The van der Waals surface area contributed by atoms with Crippen molar-refractivity contribution in [1.29, 1.82) is 5.26 Å². The zero-order chi connectivity index (χ0) is 17.6.